The van der Waals surface area contributed by atoms with Gasteiger partial charge in [-0.05, 0) is 57.6 Å². The number of halogens is 2. The number of nitrogens with zero attached hydrogens (tertiary/aromatic N) is 3. The Balaban J connectivity index is 1.40. The molecule has 198 valence electrons. The summed E-state index contributed by atoms with van der Waals surface area (Å²) < 4.78 is 54.3. The molecule has 4 rings (SSSR count). The fourth-order valence-electron chi connectivity index (χ4n) is 4.55. The SMILES string of the molecule is CC(C)Oc1ccc(S(=O)(=O)N2CCC(n3ncc(NC[C@H]4CCCOC4)c(Cl)c3=O)CC2)c(F)c1. The zero-order valence-corrected chi connectivity index (χ0v) is 22.0. The average Bonchev–Trinajstić information content (AvgIpc) is 2.85. The van der Waals surface area contributed by atoms with Gasteiger partial charge < -0.3 is 14.8 Å². The standard InChI is InChI=1S/C24H32ClFN4O5S/c1-16(2)35-19-5-6-22(20(26)12-19)36(32,33)29-9-7-18(8-10-29)30-24(31)23(25)21(14-28-30)27-13-17-4-3-11-34-15-17/h5-6,12,14,16-18,27H,3-4,7-11,13,15H2,1-2H3/t17-/m1/s1. The fourth-order valence-corrected chi connectivity index (χ4v) is 6.27. The van der Waals surface area contributed by atoms with Crippen LogP contribution in [0.2, 0.25) is 5.02 Å². The Morgan fingerprint density at radius 2 is 2.03 bits per heavy atom. The summed E-state index contributed by atoms with van der Waals surface area (Å²) in [5, 5.41) is 7.56. The van der Waals surface area contributed by atoms with Crippen LogP contribution in [0.25, 0.3) is 0 Å². The van der Waals surface area contributed by atoms with E-state index >= 15 is 0 Å². The number of anilines is 1. The van der Waals surface area contributed by atoms with Crippen molar-refractivity contribution in [3.8, 4) is 5.75 Å². The van der Waals surface area contributed by atoms with E-state index in [0.29, 0.717) is 37.6 Å². The molecule has 0 saturated carbocycles. The number of aromatic nitrogens is 2. The Bertz CT molecular complexity index is 1230. The van der Waals surface area contributed by atoms with Crippen molar-refractivity contribution in [3.63, 3.8) is 0 Å². The van der Waals surface area contributed by atoms with Gasteiger partial charge >= 0.3 is 0 Å². The second kappa shape index (κ2) is 11.5. The Morgan fingerprint density at radius 1 is 1.28 bits per heavy atom. The van der Waals surface area contributed by atoms with E-state index in [9.17, 15) is 17.6 Å². The van der Waals surface area contributed by atoms with Crippen LogP contribution in [0.5, 0.6) is 5.75 Å². The van der Waals surface area contributed by atoms with Crippen molar-refractivity contribution in [3.05, 3.63) is 45.6 Å². The van der Waals surface area contributed by atoms with Crippen LogP contribution in [0.1, 0.15) is 45.6 Å². The van der Waals surface area contributed by atoms with Crippen molar-refractivity contribution in [2.75, 3.05) is 38.2 Å². The van der Waals surface area contributed by atoms with Crippen LogP contribution in [0, 0.1) is 11.7 Å². The van der Waals surface area contributed by atoms with E-state index in [-0.39, 0.29) is 36.0 Å². The molecule has 0 amide bonds. The lowest BCUT2D eigenvalue weighted by atomic mass is 10.0. The number of sulfonamides is 1. The predicted molar refractivity (Wildman–Crippen MR) is 135 cm³/mol. The lowest BCUT2D eigenvalue weighted by Crippen LogP contribution is -2.41. The highest BCUT2D eigenvalue weighted by Gasteiger charge is 2.33. The zero-order valence-electron chi connectivity index (χ0n) is 20.5. The number of rotatable bonds is 8. The van der Waals surface area contributed by atoms with Crippen LogP contribution in [0.3, 0.4) is 0 Å². The fraction of sp³-hybridized carbons (Fsp3) is 0.583. The number of piperidine rings is 1. The van der Waals surface area contributed by atoms with E-state index in [2.05, 4.69) is 10.4 Å². The molecular weight excluding hydrogens is 511 g/mol. The summed E-state index contributed by atoms with van der Waals surface area (Å²) >= 11 is 6.35. The molecule has 0 bridgehead atoms. The van der Waals surface area contributed by atoms with Gasteiger partial charge in [0.15, 0.2) is 0 Å². The number of hydrogen-bond donors (Lipinski definition) is 1. The summed E-state index contributed by atoms with van der Waals surface area (Å²) in [5.41, 5.74) is 0.0542. The molecule has 2 aliphatic rings. The lowest BCUT2D eigenvalue weighted by Gasteiger charge is -2.31. The largest absolute Gasteiger partial charge is 0.491 e. The van der Waals surface area contributed by atoms with Crippen molar-refractivity contribution in [2.45, 2.75) is 56.6 Å². The van der Waals surface area contributed by atoms with E-state index in [1.54, 1.807) is 13.8 Å². The smallest absolute Gasteiger partial charge is 0.287 e. The molecule has 2 aromatic rings. The number of nitrogens with one attached hydrogen (secondary N) is 1. The molecular formula is C24H32ClFN4O5S. The van der Waals surface area contributed by atoms with Crippen molar-refractivity contribution < 1.29 is 22.3 Å². The summed E-state index contributed by atoms with van der Waals surface area (Å²) in [6.45, 7) is 5.96. The highest BCUT2D eigenvalue weighted by atomic mass is 35.5. The maximum atomic E-state index is 14.6. The second-order valence-corrected chi connectivity index (χ2v) is 11.8. The maximum Gasteiger partial charge on any atom is 0.287 e. The third kappa shape index (κ3) is 6.01. The van der Waals surface area contributed by atoms with E-state index in [1.807, 2.05) is 0 Å². The topological polar surface area (TPSA) is 103 Å². The van der Waals surface area contributed by atoms with Gasteiger partial charge in [-0.2, -0.15) is 9.40 Å². The third-order valence-corrected chi connectivity index (χ3v) is 8.74. The number of ether oxygens (including phenoxy) is 2. The Hall–Kier alpha value is -2.21. The van der Waals surface area contributed by atoms with Crippen LogP contribution >= 0.6 is 11.6 Å². The van der Waals surface area contributed by atoms with Crippen molar-refractivity contribution in [2.24, 2.45) is 5.92 Å². The molecule has 2 fully saturated rings. The first-order valence-corrected chi connectivity index (χ1v) is 14.0. The van der Waals surface area contributed by atoms with Crippen LogP contribution in [-0.4, -0.2) is 61.5 Å². The van der Waals surface area contributed by atoms with Gasteiger partial charge in [0.2, 0.25) is 10.0 Å². The molecule has 0 radical (unpaired) electrons. The van der Waals surface area contributed by atoms with Crippen LogP contribution in [0.4, 0.5) is 10.1 Å². The Morgan fingerprint density at radius 3 is 2.67 bits per heavy atom. The van der Waals surface area contributed by atoms with Gasteiger partial charge in [-0.25, -0.2) is 17.5 Å². The van der Waals surface area contributed by atoms with Gasteiger partial charge in [-0.15, -0.1) is 0 Å². The molecule has 12 heteroatoms. The van der Waals surface area contributed by atoms with Crippen molar-refractivity contribution in [1.29, 1.82) is 0 Å². The molecule has 0 spiro atoms. The minimum atomic E-state index is -4.04. The van der Waals surface area contributed by atoms with Gasteiger partial charge in [0.1, 0.15) is 21.5 Å². The summed E-state index contributed by atoms with van der Waals surface area (Å²) in [5.74, 6) is -0.234. The second-order valence-electron chi connectivity index (χ2n) is 9.48. The van der Waals surface area contributed by atoms with E-state index in [4.69, 9.17) is 21.1 Å². The summed E-state index contributed by atoms with van der Waals surface area (Å²) in [6, 6.07) is 3.45. The lowest BCUT2D eigenvalue weighted by molar-refractivity contribution is 0.0595. The van der Waals surface area contributed by atoms with Crippen LogP contribution in [0.15, 0.2) is 34.1 Å². The van der Waals surface area contributed by atoms with Crippen LogP contribution < -0.4 is 15.6 Å². The quantitative estimate of drug-likeness (QED) is 0.542. The van der Waals surface area contributed by atoms with Gasteiger partial charge in [0.05, 0.1) is 30.6 Å². The number of hydrogen-bond acceptors (Lipinski definition) is 7. The summed E-state index contributed by atoms with van der Waals surface area (Å²) in [7, 11) is -4.04. The minimum absolute atomic E-state index is 0.0579. The summed E-state index contributed by atoms with van der Waals surface area (Å²) in [6.07, 6.45) is 4.14. The van der Waals surface area contributed by atoms with Crippen LogP contribution in [-0.2, 0) is 14.8 Å². The molecule has 1 aromatic heterocycles. The van der Waals surface area contributed by atoms with Gasteiger partial charge in [0.25, 0.3) is 5.56 Å². The highest BCUT2D eigenvalue weighted by molar-refractivity contribution is 7.89. The molecule has 1 atom stereocenters. The third-order valence-electron chi connectivity index (χ3n) is 6.44. The molecule has 9 nitrogen and oxygen atoms in total. The predicted octanol–water partition coefficient (Wildman–Crippen LogP) is 3.69. The molecule has 1 N–H and O–H groups in total. The molecule has 1 aromatic carbocycles. The monoisotopic (exact) mass is 542 g/mol. The van der Waals surface area contributed by atoms with Gasteiger partial charge in [-0.1, -0.05) is 11.6 Å². The van der Waals surface area contributed by atoms with E-state index in [1.165, 1.54) is 27.3 Å². The molecule has 3 heterocycles. The van der Waals surface area contributed by atoms with Crippen molar-refractivity contribution in [1.82, 2.24) is 14.1 Å². The van der Waals surface area contributed by atoms with Gasteiger partial charge in [-0.3, -0.25) is 4.79 Å². The van der Waals surface area contributed by atoms with E-state index < -0.39 is 26.3 Å². The van der Waals surface area contributed by atoms with E-state index in [0.717, 1.165) is 25.5 Å². The van der Waals surface area contributed by atoms with Gasteiger partial charge in [0, 0.05) is 32.3 Å². The molecule has 2 aliphatic heterocycles. The molecule has 2 saturated heterocycles. The average molecular weight is 543 g/mol. The minimum Gasteiger partial charge on any atom is -0.491 e. The molecule has 0 aliphatic carbocycles. The normalized spacial score (nSPS) is 20.0. The molecule has 0 unspecified atom stereocenters. The molecule has 36 heavy (non-hydrogen) atoms. The first-order valence-electron chi connectivity index (χ1n) is 12.2. The Labute approximate surface area is 215 Å². The highest BCUT2D eigenvalue weighted by Crippen LogP contribution is 2.29. The maximum absolute atomic E-state index is 14.6. The summed E-state index contributed by atoms with van der Waals surface area (Å²) in [4.78, 5) is 12.5. The number of benzene rings is 1. The first kappa shape index (κ1) is 26.8. The Kier molecular flexibility index (Phi) is 8.54. The van der Waals surface area contributed by atoms with Crippen molar-refractivity contribution >= 4 is 27.3 Å². The first-order chi connectivity index (χ1) is 17.2. The zero-order chi connectivity index (χ0) is 25.9.